The van der Waals surface area contributed by atoms with Crippen LogP contribution in [0.2, 0.25) is 0 Å². The van der Waals surface area contributed by atoms with Crippen LogP contribution >= 0.6 is 0 Å². The average Bonchev–Trinajstić information content (AvgIpc) is 4.03. The van der Waals surface area contributed by atoms with Crippen molar-refractivity contribution in [1.29, 1.82) is 0 Å². The second kappa shape index (κ2) is 14.6. The molecule has 12 aromatic carbocycles. The third kappa shape index (κ3) is 5.08. The van der Waals surface area contributed by atoms with Gasteiger partial charge in [0.1, 0.15) is 11.5 Å². The fourth-order valence-electron chi connectivity index (χ4n) is 13.6. The second-order valence-electron chi connectivity index (χ2n) is 19.8. The Morgan fingerprint density at radius 2 is 0.639 bits per heavy atom. The Kier molecular flexibility index (Phi) is 8.05. The molecule has 2 spiro atoms. The Bertz CT molecular complexity index is 4130. The van der Waals surface area contributed by atoms with Crippen LogP contribution < -0.4 is 9.64 Å². The van der Waals surface area contributed by atoms with Crippen LogP contribution in [0.25, 0.3) is 66.1 Å². The summed E-state index contributed by atoms with van der Waals surface area (Å²) in [5.41, 5.74) is 22.3. The number of benzene rings is 12. The Morgan fingerprint density at radius 1 is 0.250 bits per heavy atom. The quantitative estimate of drug-likeness (QED) is 0.174. The molecule has 2 heteroatoms. The summed E-state index contributed by atoms with van der Waals surface area (Å²) < 4.78 is 7.33. The van der Waals surface area contributed by atoms with Gasteiger partial charge in [-0.3, -0.25) is 0 Å². The molecule has 0 aromatic heterocycles. The van der Waals surface area contributed by atoms with Gasteiger partial charge in [-0.05, 0) is 125 Å². The number of fused-ring (bicyclic) bond motifs is 23. The zero-order valence-corrected chi connectivity index (χ0v) is 39.2. The Morgan fingerprint density at radius 3 is 1.21 bits per heavy atom. The van der Waals surface area contributed by atoms with Gasteiger partial charge in [-0.1, -0.05) is 224 Å². The van der Waals surface area contributed by atoms with Gasteiger partial charge in [0.25, 0.3) is 0 Å². The van der Waals surface area contributed by atoms with Crippen molar-refractivity contribution in [2.45, 2.75) is 10.8 Å². The summed E-state index contributed by atoms with van der Waals surface area (Å²) in [4.78, 5) is 2.48. The molecule has 0 radical (unpaired) electrons. The van der Waals surface area contributed by atoms with Crippen LogP contribution in [-0.2, 0) is 10.8 Å². The van der Waals surface area contributed by atoms with E-state index in [1.165, 1.54) is 77.9 Å². The van der Waals surface area contributed by atoms with Crippen LogP contribution in [0.4, 0.5) is 17.1 Å². The van der Waals surface area contributed by atoms with Crippen LogP contribution in [0.5, 0.6) is 11.5 Å². The predicted octanol–water partition coefficient (Wildman–Crippen LogP) is 17.9. The fraction of sp³-hybridized carbons (Fsp3) is 0.0286. The lowest BCUT2D eigenvalue weighted by Crippen LogP contribution is -2.32. The zero-order valence-electron chi connectivity index (χ0n) is 39.2. The molecule has 2 nitrogen and oxygen atoms in total. The molecule has 1 heterocycles. The Balaban J connectivity index is 0.965. The molecule has 0 bridgehead atoms. The molecule has 334 valence electrons. The highest BCUT2D eigenvalue weighted by Crippen LogP contribution is 2.66. The first-order chi connectivity index (χ1) is 35.7. The summed E-state index contributed by atoms with van der Waals surface area (Å²) in [7, 11) is 0. The monoisotopic (exact) mass is 913 g/mol. The van der Waals surface area contributed by atoms with Crippen molar-refractivity contribution in [3.05, 3.63) is 305 Å². The molecule has 0 saturated heterocycles. The molecule has 0 fully saturated rings. The van der Waals surface area contributed by atoms with E-state index in [4.69, 9.17) is 4.74 Å². The lowest BCUT2D eigenvalue weighted by Gasteiger charge is -2.40. The normalized spacial score (nSPS) is 14.2. The summed E-state index contributed by atoms with van der Waals surface area (Å²) >= 11 is 0. The van der Waals surface area contributed by atoms with Gasteiger partial charge in [0.05, 0.1) is 10.8 Å². The summed E-state index contributed by atoms with van der Waals surface area (Å²) in [6, 6.07) is 97.1. The number of rotatable bonds is 4. The van der Waals surface area contributed by atoms with E-state index in [1.807, 2.05) is 0 Å². The maximum Gasteiger partial charge on any atom is 0.140 e. The lowest BCUT2D eigenvalue weighted by atomic mass is 9.65. The summed E-state index contributed by atoms with van der Waals surface area (Å²) in [6.07, 6.45) is 0. The van der Waals surface area contributed by atoms with Gasteiger partial charge >= 0.3 is 0 Å². The Labute approximate surface area is 418 Å². The Hall–Kier alpha value is -9.24. The molecule has 16 rings (SSSR count). The molecular weight excluding hydrogens is 871 g/mol. The first kappa shape index (κ1) is 39.6. The van der Waals surface area contributed by atoms with Crippen molar-refractivity contribution in [2.24, 2.45) is 0 Å². The topological polar surface area (TPSA) is 12.5 Å². The molecule has 0 amide bonds. The van der Waals surface area contributed by atoms with Gasteiger partial charge in [0.15, 0.2) is 0 Å². The number of nitrogens with zero attached hydrogens (tertiary/aromatic N) is 1. The van der Waals surface area contributed by atoms with Crippen LogP contribution in [0.1, 0.15) is 44.5 Å². The summed E-state index contributed by atoms with van der Waals surface area (Å²) in [5, 5.41) is 4.53. The molecule has 0 atom stereocenters. The number of hydrogen-bond acceptors (Lipinski definition) is 2. The predicted molar refractivity (Wildman–Crippen MR) is 295 cm³/mol. The van der Waals surface area contributed by atoms with E-state index < -0.39 is 10.8 Å². The minimum Gasteiger partial charge on any atom is -0.455 e. The second-order valence-corrected chi connectivity index (χ2v) is 19.8. The molecule has 0 saturated carbocycles. The minimum atomic E-state index is -0.686. The smallest absolute Gasteiger partial charge is 0.140 e. The van der Waals surface area contributed by atoms with Crippen LogP contribution in [0.3, 0.4) is 0 Å². The maximum atomic E-state index is 7.33. The van der Waals surface area contributed by atoms with Gasteiger partial charge in [-0.2, -0.15) is 0 Å². The van der Waals surface area contributed by atoms with Gasteiger partial charge in [-0.25, -0.2) is 0 Å². The van der Waals surface area contributed by atoms with Gasteiger partial charge in [0.2, 0.25) is 0 Å². The largest absolute Gasteiger partial charge is 0.455 e. The summed E-state index contributed by atoms with van der Waals surface area (Å²) in [6.45, 7) is 0. The van der Waals surface area contributed by atoms with Crippen LogP contribution in [-0.4, -0.2) is 0 Å². The van der Waals surface area contributed by atoms with E-state index in [9.17, 15) is 0 Å². The molecule has 4 aliphatic rings. The first-order valence-electron chi connectivity index (χ1n) is 25.1. The van der Waals surface area contributed by atoms with E-state index in [1.54, 1.807) is 0 Å². The number of anilines is 3. The third-order valence-electron chi connectivity index (χ3n) is 16.5. The number of ether oxygens (including phenoxy) is 1. The first-order valence-corrected chi connectivity index (χ1v) is 25.1. The number of hydrogen-bond donors (Lipinski definition) is 0. The van der Waals surface area contributed by atoms with E-state index in [2.05, 4.69) is 266 Å². The molecule has 72 heavy (non-hydrogen) atoms. The molecule has 1 aliphatic heterocycles. The maximum absolute atomic E-state index is 7.33. The van der Waals surface area contributed by atoms with E-state index in [0.29, 0.717) is 0 Å². The van der Waals surface area contributed by atoms with Crippen LogP contribution in [0, 0.1) is 0 Å². The highest BCUT2D eigenvalue weighted by molar-refractivity contribution is 6.01. The zero-order chi connectivity index (χ0) is 47.1. The molecule has 12 aromatic rings. The van der Waals surface area contributed by atoms with Crippen molar-refractivity contribution in [3.8, 4) is 56.0 Å². The van der Waals surface area contributed by atoms with E-state index in [-0.39, 0.29) is 0 Å². The molecule has 0 unspecified atom stereocenters. The van der Waals surface area contributed by atoms with Crippen molar-refractivity contribution < 1.29 is 4.74 Å². The SMILES string of the molecule is c1ccc(-c2ccc(N(c3ccc4c(c3)-c3ccccc3C43c4ccccc4-c4ccccc43)c3ccc4c(c3)C3(c5ccccc5-4)c4ccc5ccccc5c4Oc4c3ccc3ccccc43)cc2)cc1. The fourth-order valence-corrected chi connectivity index (χ4v) is 13.6. The van der Waals surface area contributed by atoms with Crippen molar-refractivity contribution in [1.82, 2.24) is 0 Å². The van der Waals surface area contributed by atoms with Gasteiger partial charge in [-0.15, -0.1) is 0 Å². The third-order valence-corrected chi connectivity index (χ3v) is 16.5. The van der Waals surface area contributed by atoms with Crippen molar-refractivity contribution >= 4 is 38.6 Å². The van der Waals surface area contributed by atoms with Crippen LogP contribution in [0.15, 0.2) is 261 Å². The standard InChI is InChI=1S/C70H43NO/c1-2-16-44(17-3-1)45-30-34-48(35-31-45)71(49-37-41-63-58(42-49)56-25-11-15-29-62(56)69(63)59-26-12-8-22-53(59)54-23-9-13-27-60(54)69)50-36-38-57-55-24-10-14-28-61(55)70(66(57)43-50)64-39-32-46-18-4-6-20-51(46)67(64)72-68-52-21-7-5-19-47(52)33-40-65(68)70/h1-43H. The van der Waals surface area contributed by atoms with Crippen molar-refractivity contribution in [2.75, 3.05) is 4.90 Å². The molecule has 0 N–H and O–H groups in total. The minimum absolute atomic E-state index is 0.427. The summed E-state index contributed by atoms with van der Waals surface area (Å²) in [5.74, 6) is 1.83. The molecular formula is C70H43NO. The lowest BCUT2D eigenvalue weighted by molar-refractivity contribution is 0.447. The van der Waals surface area contributed by atoms with Gasteiger partial charge in [0, 0.05) is 39.0 Å². The highest BCUT2D eigenvalue weighted by Gasteiger charge is 2.53. The van der Waals surface area contributed by atoms with Gasteiger partial charge < -0.3 is 9.64 Å². The molecule has 3 aliphatic carbocycles. The average molecular weight is 914 g/mol. The highest BCUT2D eigenvalue weighted by atomic mass is 16.5. The van der Waals surface area contributed by atoms with E-state index in [0.717, 1.165) is 61.2 Å². The van der Waals surface area contributed by atoms with Crippen molar-refractivity contribution in [3.63, 3.8) is 0 Å². The van der Waals surface area contributed by atoms with E-state index >= 15 is 0 Å².